The maximum absolute atomic E-state index is 6.00. The van der Waals surface area contributed by atoms with E-state index in [0.29, 0.717) is 6.61 Å². The minimum Gasteiger partial charge on any atom is -0.472 e. The summed E-state index contributed by atoms with van der Waals surface area (Å²) in [6.07, 6.45) is 3.35. The van der Waals surface area contributed by atoms with E-state index in [1.54, 1.807) is 19.6 Å². The number of benzene rings is 1. The van der Waals surface area contributed by atoms with E-state index in [-0.39, 0.29) is 0 Å². The number of nitrogens with two attached hydrogens (primary N) is 1. The van der Waals surface area contributed by atoms with Gasteiger partial charge in [0.2, 0.25) is 0 Å². The third-order valence-corrected chi connectivity index (χ3v) is 2.94. The van der Waals surface area contributed by atoms with Gasteiger partial charge in [-0.25, -0.2) is 0 Å². The Labute approximate surface area is 107 Å². The second kappa shape index (κ2) is 5.60. The predicted octanol–water partition coefficient (Wildman–Crippen LogP) is 2.61. The van der Waals surface area contributed by atoms with Crippen LogP contribution in [-0.2, 0) is 4.74 Å². The summed E-state index contributed by atoms with van der Waals surface area (Å²) in [5.74, 6) is 0. The molecule has 18 heavy (non-hydrogen) atoms. The number of nitrogen functional groups attached to an aromatic ring is 1. The van der Waals surface area contributed by atoms with Crippen LogP contribution in [-0.4, -0.2) is 27.3 Å². The zero-order valence-corrected chi connectivity index (χ0v) is 10.7. The summed E-state index contributed by atoms with van der Waals surface area (Å²) >= 11 is 0. The van der Waals surface area contributed by atoms with Gasteiger partial charge in [0, 0.05) is 43.2 Å². The number of rotatable bonds is 5. The second-order valence-corrected chi connectivity index (χ2v) is 4.20. The molecular weight excluding hydrogens is 228 g/mol. The van der Waals surface area contributed by atoms with Crippen LogP contribution in [0.15, 0.2) is 41.2 Å². The minimum absolute atomic E-state index is 0.696. The van der Waals surface area contributed by atoms with Crippen molar-refractivity contribution in [3.8, 4) is 11.1 Å². The van der Waals surface area contributed by atoms with Gasteiger partial charge in [-0.2, -0.15) is 0 Å². The Bertz CT molecular complexity index is 495. The summed E-state index contributed by atoms with van der Waals surface area (Å²) in [6.45, 7) is 1.53. The van der Waals surface area contributed by atoms with Crippen LogP contribution in [0.3, 0.4) is 0 Å². The zero-order chi connectivity index (χ0) is 13.0. The Morgan fingerprint density at radius 1 is 1.33 bits per heavy atom. The fourth-order valence-corrected chi connectivity index (χ4v) is 1.81. The molecule has 0 bridgehead atoms. The summed E-state index contributed by atoms with van der Waals surface area (Å²) in [5.41, 5.74) is 9.84. The van der Waals surface area contributed by atoms with Crippen LogP contribution in [0.5, 0.6) is 0 Å². The smallest absolute Gasteiger partial charge is 0.0981 e. The van der Waals surface area contributed by atoms with Crippen LogP contribution in [0.25, 0.3) is 11.1 Å². The lowest BCUT2D eigenvalue weighted by Gasteiger charge is -2.20. The highest BCUT2D eigenvalue weighted by atomic mass is 16.5. The Morgan fingerprint density at radius 3 is 2.83 bits per heavy atom. The summed E-state index contributed by atoms with van der Waals surface area (Å²) in [5, 5.41) is 0. The van der Waals surface area contributed by atoms with E-state index in [0.717, 1.165) is 29.0 Å². The summed E-state index contributed by atoms with van der Waals surface area (Å²) in [7, 11) is 3.73. The molecule has 2 aromatic rings. The van der Waals surface area contributed by atoms with Crippen LogP contribution in [0.2, 0.25) is 0 Å². The number of methoxy groups -OCH3 is 1. The molecule has 4 heteroatoms. The van der Waals surface area contributed by atoms with E-state index >= 15 is 0 Å². The van der Waals surface area contributed by atoms with Crippen molar-refractivity contribution in [1.29, 1.82) is 0 Å². The lowest BCUT2D eigenvalue weighted by atomic mass is 10.1. The number of likely N-dealkylation sites (N-methyl/N-ethyl adjacent to an activating group) is 1. The highest BCUT2D eigenvalue weighted by molar-refractivity contribution is 5.79. The van der Waals surface area contributed by atoms with Crippen LogP contribution in [0.1, 0.15) is 0 Å². The first-order valence-electron chi connectivity index (χ1n) is 5.84. The van der Waals surface area contributed by atoms with Crippen molar-refractivity contribution in [1.82, 2.24) is 0 Å². The maximum Gasteiger partial charge on any atom is 0.0981 e. The molecule has 4 nitrogen and oxygen atoms in total. The van der Waals surface area contributed by atoms with E-state index in [9.17, 15) is 0 Å². The molecular formula is C14H18N2O2. The SMILES string of the molecule is COCCN(C)c1ccc(N)c(-c2ccoc2)c1. The molecule has 0 spiro atoms. The zero-order valence-electron chi connectivity index (χ0n) is 10.7. The quantitative estimate of drug-likeness (QED) is 0.824. The lowest BCUT2D eigenvalue weighted by molar-refractivity contribution is 0.206. The average Bonchev–Trinajstić information content (AvgIpc) is 2.90. The number of anilines is 2. The average molecular weight is 246 g/mol. The van der Waals surface area contributed by atoms with Gasteiger partial charge >= 0.3 is 0 Å². The van der Waals surface area contributed by atoms with E-state index in [2.05, 4.69) is 11.0 Å². The standard InChI is InChI=1S/C14H18N2O2/c1-16(6-8-17-2)12-3-4-14(15)13(9-12)11-5-7-18-10-11/h3-5,7,9-10H,6,8,15H2,1-2H3. The third kappa shape index (κ3) is 2.65. The molecule has 0 radical (unpaired) electrons. The topological polar surface area (TPSA) is 51.6 Å². The second-order valence-electron chi connectivity index (χ2n) is 4.20. The molecule has 2 N–H and O–H groups in total. The normalized spacial score (nSPS) is 10.6. The summed E-state index contributed by atoms with van der Waals surface area (Å²) in [6, 6.07) is 7.90. The lowest BCUT2D eigenvalue weighted by Crippen LogP contribution is -2.22. The van der Waals surface area contributed by atoms with E-state index in [1.807, 2.05) is 25.2 Å². The molecule has 0 fully saturated rings. The van der Waals surface area contributed by atoms with Crippen LogP contribution < -0.4 is 10.6 Å². The molecule has 96 valence electrons. The van der Waals surface area contributed by atoms with E-state index < -0.39 is 0 Å². The first-order valence-corrected chi connectivity index (χ1v) is 5.84. The molecule has 0 atom stereocenters. The highest BCUT2D eigenvalue weighted by Crippen LogP contribution is 2.30. The van der Waals surface area contributed by atoms with Gasteiger partial charge in [0.25, 0.3) is 0 Å². The maximum atomic E-state index is 6.00. The largest absolute Gasteiger partial charge is 0.472 e. The molecule has 0 unspecified atom stereocenters. The molecule has 0 saturated heterocycles. The number of hydrogen-bond acceptors (Lipinski definition) is 4. The molecule has 0 amide bonds. The fraction of sp³-hybridized carbons (Fsp3) is 0.286. The monoisotopic (exact) mass is 246 g/mol. The first-order chi connectivity index (χ1) is 8.72. The van der Waals surface area contributed by atoms with Crippen LogP contribution >= 0.6 is 0 Å². The third-order valence-electron chi connectivity index (χ3n) is 2.94. The molecule has 0 aliphatic heterocycles. The van der Waals surface area contributed by atoms with Gasteiger partial charge in [-0.15, -0.1) is 0 Å². The van der Waals surface area contributed by atoms with E-state index in [1.165, 1.54) is 0 Å². The van der Waals surface area contributed by atoms with Crippen molar-refractivity contribution >= 4 is 11.4 Å². The van der Waals surface area contributed by atoms with Crippen molar-refractivity contribution in [2.75, 3.05) is 37.9 Å². The van der Waals surface area contributed by atoms with Crippen LogP contribution in [0, 0.1) is 0 Å². The summed E-state index contributed by atoms with van der Waals surface area (Å²) < 4.78 is 10.2. The van der Waals surface area contributed by atoms with Crippen molar-refractivity contribution in [2.45, 2.75) is 0 Å². The van der Waals surface area contributed by atoms with E-state index in [4.69, 9.17) is 14.9 Å². The first kappa shape index (κ1) is 12.5. The Balaban J connectivity index is 2.26. The Morgan fingerprint density at radius 2 is 2.17 bits per heavy atom. The Hall–Kier alpha value is -1.94. The molecule has 0 aliphatic rings. The van der Waals surface area contributed by atoms with Gasteiger partial charge in [0.15, 0.2) is 0 Å². The number of furan rings is 1. The molecule has 0 aliphatic carbocycles. The van der Waals surface area contributed by atoms with Crippen LogP contribution in [0.4, 0.5) is 11.4 Å². The molecule has 1 aromatic carbocycles. The number of ether oxygens (including phenoxy) is 1. The molecule has 1 heterocycles. The van der Waals surface area contributed by atoms with Gasteiger partial charge in [0.1, 0.15) is 0 Å². The van der Waals surface area contributed by atoms with Gasteiger partial charge in [-0.1, -0.05) is 0 Å². The van der Waals surface area contributed by atoms with Gasteiger partial charge < -0.3 is 19.8 Å². The van der Waals surface area contributed by atoms with Crippen molar-refractivity contribution < 1.29 is 9.15 Å². The fourth-order valence-electron chi connectivity index (χ4n) is 1.81. The predicted molar refractivity (Wildman–Crippen MR) is 73.7 cm³/mol. The van der Waals surface area contributed by atoms with Gasteiger partial charge in [-0.3, -0.25) is 0 Å². The Kier molecular flexibility index (Phi) is 3.89. The van der Waals surface area contributed by atoms with Gasteiger partial charge in [0.05, 0.1) is 19.1 Å². The van der Waals surface area contributed by atoms with Gasteiger partial charge in [-0.05, 0) is 24.3 Å². The number of nitrogens with zero attached hydrogens (tertiary/aromatic N) is 1. The van der Waals surface area contributed by atoms with Crippen molar-refractivity contribution in [2.24, 2.45) is 0 Å². The molecule has 2 rings (SSSR count). The number of hydrogen-bond donors (Lipinski definition) is 1. The molecule has 1 aromatic heterocycles. The summed E-state index contributed by atoms with van der Waals surface area (Å²) in [4.78, 5) is 2.13. The molecule has 0 saturated carbocycles. The van der Waals surface area contributed by atoms with Crippen molar-refractivity contribution in [3.63, 3.8) is 0 Å². The van der Waals surface area contributed by atoms with Crippen molar-refractivity contribution in [3.05, 3.63) is 36.8 Å². The minimum atomic E-state index is 0.696. The highest BCUT2D eigenvalue weighted by Gasteiger charge is 2.07.